The van der Waals surface area contributed by atoms with E-state index < -0.39 is 15.2 Å². The van der Waals surface area contributed by atoms with Crippen molar-refractivity contribution >= 4 is 23.7 Å². The molecular formula is C8H23Si3-. The molecule has 0 N–H and O–H groups in total. The Kier molecular flexibility index (Phi) is 4.29. The molecule has 0 radical (unpaired) electrons. The number of hydrogen-bond donors (Lipinski definition) is 0. The SMILES string of the molecule is CC[Si](C)(C)[SiH-][Si](C)(C)CC. The van der Waals surface area contributed by atoms with E-state index in [4.69, 9.17) is 0 Å². The highest BCUT2D eigenvalue weighted by Crippen LogP contribution is 2.15. The van der Waals surface area contributed by atoms with Crippen LogP contribution in [0.4, 0.5) is 0 Å². The van der Waals surface area contributed by atoms with Gasteiger partial charge in [-0.3, -0.25) is 8.55 Å². The van der Waals surface area contributed by atoms with Gasteiger partial charge >= 0.3 is 0 Å². The summed E-state index contributed by atoms with van der Waals surface area (Å²) in [5.74, 6) is 0. The Labute approximate surface area is 76.2 Å². The Morgan fingerprint density at radius 1 is 0.818 bits per heavy atom. The molecule has 0 aliphatic carbocycles. The summed E-state index contributed by atoms with van der Waals surface area (Å²) in [6.07, 6.45) is 0. The molecule has 0 aromatic carbocycles. The molecule has 0 spiro atoms. The molecule has 0 aromatic rings. The van der Waals surface area contributed by atoms with Crippen molar-refractivity contribution in [2.24, 2.45) is 0 Å². The first-order valence-electron chi connectivity index (χ1n) is 4.70. The van der Waals surface area contributed by atoms with Gasteiger partial charge in [0.15, 0.2) is 0 Å². The molecule has 0 aliphatic rings. The molecule has 0 unspecified atom stereocenters. The fourth-order valence-corrected chi connectivity index (χ4v) is 34.1. The fourth-order valence-electron chi connectivity index (χ4n) is 1.26. The summed E-state index contributed by atoms with van der Waals surface area (Å²) in [6, 6.07) is 3.00. The lowest BCUT2D eigenvalue weighted by atomic mass is 11.0. The van der Waals surface area contributed by atoms with E-state index in [0.29, 0.717) is 0 Å². The summed E-state index contributed by atoms with van der Waals surface area (Å²) in [4.78, 5) is 0. The van der Waals surface area contributed by atoms with Crippen LogP contribution in [0.5, 0.6) is 0 Å². The van der Waals surface area contributed by atoms with Crippen molar-refractivity contribution in [3.05, 3.63) is 0 Å². The van der Waals surface area contributed by atoms with Gasteiger partial charge in [0.25, 0.3) is 0 Å². The molecule has 0 rings (SSSR count). The molecule has 0 nitrogen and oxygen atoms in total. The Bertz CT molecular complexity index is 105. The van der Waals surface area contributed by atoms with E-state index >= 15 is 0 Å². The molecule has 0 aliphatic heterocycles. The van der Waals surface area contributed by atoms with Crippen LogP contribution in [-0.2, 0) is 0 Å². The summed E-state index contributed by atoms with van der Waals surface area (Å²) in [6.45, 7) is 15.1. The van der Waals surface area contributed by atoms with E-state index in [1.807, 2.05) is 0 Å². The number of hydrogen-bond acceptors (Lipinski definition) is 0. The normalized spacial score (nSPS) is 13.6. The number of rotatable bonds is 4. The van der Waals surface area contributed by atoms with Crippen LogP contribution in [0, 0.1) is 0 Å². The Hall–Kier alpha value is 0.651. The second kappa shape index (κ2) is 4.05. The highest BCUT2D eigenvalue weighted by Gasteiger charge is 2.16. The van der Waals surface area contributed by atoms with Gasteiger partial charge in [0.1, 0.15) is 0 Å². The van der Waals surface area contributed by atoms with Gasteiger partial charge in [-0.1, -0.05) is 52.1 Å². The standard InChI is InChI=1S/C8H23Si3/c1-7-10(3,4)9-11(5,6)8-2/h9H,7-8H2,1-6H3/q-1. The summed E-state index contributed by atoms with van der Waals surface area (Å²) in [5, 5.41) is 0. The summed E-state index contributed by atoms with van der Waals surface area (Å²) in [5.41, 5.74) is 0. The van der Waals surface area contributed by atoms with Gasteiger partial charge in [0.05, 0.1) is 0 Å². The van der Waals surface area contributed by atoms with Crippen molar-refractivity contribution < 1.29 is 0 Å². The minimum atomic E-state index is -0.689. The molecule has 0 amide bonds. The lowest BCUT2D eigenvalue weighted by molar-refractivity contribution is 1.38. The van der Waals surface area contributed by atoms with Gasteiger partial charge in [-0.25, -0.2) is 0 Å². The zero-order chi connectivity index (χ0) is 9.12. The Balaban J connectivity index is 4.02. The summed E-state index contributed by atoms with van der Waals surface area (Å²) >= 11 is 0. The van der Waals surface area contributed by atoms with Crippen molar-refractivity contribution in [1.82, 2.24) is 0 Å². The van der Waals surface area contributed by atoms with Gasteiger partial charge in [0.2, 0.25) is 0 Å². The van der Waals surface area contributed by atoms with Crippen LogP contribution in [0.2, 0.25) is 38.3 Å². The first-order valence-corrected chi connectivity index (χ1v) is 14.7. The van der Waals surface area contributed by atoms with Crippen molar-refractivity contribution in [1.29, 1.82) is 0 Å². The van der Waals surface area contributed by atoms with Gasteiger partial charge in [-0.05, 0) is 0 Å². The van der Waals surface area contributed by atoms with E-state index in [-0.39, 0.29) is 0 Å². The molecule has 0 bridgehead atoms. The van der Waals surface area contributed by atoms with E-state index in [0.717, 1.165) is 8.55 Å². The highest BCUT2D eigenvalue weighted by molar-refractivity contribution is 7.52. The van der Waals surface area contributed by atoms with Crippen molar-refractivity contribution in [2.75, 3.05) is 0 Å². The first kappa shape index (κ1) is 11.7. The molecule has 68 valence electrons. The van der Waals surface area contributed by atoms with Crippen molar-refractivity contribution in [3.8, 4) is 0 Å². The summed E-state index contributed by atoms with van der Waals surface area (Å²) in [7, 11) is -0.523. The Morgan fingerprint density at radius 3 is 1.27 bits per heavy atom. The molecule has 0 atom stereocenters. The lowest BCUT2D eigenvalue weighted by Crippen LogP contribution is -2.49. The van der Waals surface area contributed by atoms with Crippen LogP contribution >= 0.6 is 0 Å². The lowest BCUT2D eigenvalue weighted by Gasteiger charge is -2.42. The smallest absolute Gasteiger partial charge is 0.0704 e. The second-order valence-electron chi connectivity index (χ2n) is 4.83. The Morgan fingerprint density at radius 2 is 1.09 bits per heavy atom. The molecule has 3 heteroatoms. The van der Waals surface area contributed by atoms with Crippen LogP contribution < -0.4 is 0 Å². The maximum atomic E-state index is 2.58. The van der Waals surface area contributed by atoms with E-state index in [1.54, 1.807) is 0 Å². The predicted octanol–water partition coefficient (Wildman–Crippen LogP) is 2.87. The highest BCUT2D eigenvalue weighted by atomic mass is 29.6. The molecule has 0 fully saturated rings. The maximum absolute atomic E-state index is 2.58. The maximum Gasteiger partial charge on any atom is -0.0704 e. The van der Waals surface area contributed by atoms with Gasteiger partial charge in [0, 0.05) is 0 Å². The third-order valence-corrected chi connectivity index (χ3v) is 29.0. The molecule has 0 heterocycles. The molecule has 0 saturated carbocycles. The van der Waals surface area contributed by atoms with Crippen LogP contribution in [0.15, 0.2) is 0 Å². The van der Waals surface area contributed by atoms with E-state index in [2.05, 4.69) is 40.0 Å². The fraction of sp³-hybridized carbons (Fsp3) is 1.00. The minimum Gasteiger partial charge on any atom is -0.272 e. The predicted molar refractivity (Wildman–Crippen MR) is 63.1 cm³/mol. The zero-order valence-electron chi connectivity index (χ0n) is 8.99. The molecular weight excluding hydrogens is 180 g/mol. The minimum absolute atomic E-state index is 0.689. The van der Waals surface area contributed by atoms with Gasteiger partial charge in [-0.2, -0.15) is 0 Å². The third-order valence-electron chi connectivity index (χ3n) is 2.60. The second-order valence-corrected chi connectivity index (χ2v) is 27.3. The van der Waals surface area contributed by atoms with Crippen LogP contribution in [0.3, 0.4) is 0 Å². The largest absolute Gasteiger partial charge is 0.272 e. The molecule has 11 heavy (non-hydrogen) atoms. The summed E-state index contributed by atoms with van der Waals surface area (Å²) < 4.78 is 0. The average Bonchev–Trinajstić information content (AvgIpc) is 1.86. The monoisotopic (exact) mass is 203 g/mol. The van der Waals surface area contributed by atoms with Crippen LogP contribution in [-0.4, -0.2) is 23.7 Å². The molecule has 0 saturated heterocycles. The van der Waals surface area contributed by atoms with Crippen LogP contribution in [0.25, 0.3) is 0 Å². The molecule has 0 aromatic heterocycles. The average molecular weight is 204 g/mol. The van der Waals surface area contributed by atoms with Crippen LogP contribution in [0.1, 0.15) is 13.8 Å². The van der Waals surface area contributed by atoms with Crippen molar-refractivity contribution in [2.45, 2.75) is 52.1 Å². The van der Waals surface area contributed by atoms with E-state index in [1.165, 1.54) is 12.1 Å². The zero-order valence-corrected chi connectivity index (χ0v) is 12.1. The quantitative estimate of drug-likeness (QED) is 0.617. The van der Waals surface area contributed by atoms with Gasteiger partial charge in [-0.15, -0.1) is 15.2 Å². The third kappa shape index (κ3) is 4.98. The van der Waals surface area contributed by atoms with Gasteiger partial charge < -0.3 is 0 Å². The van der Waals surface area contributed by atoms with Crippen molar-refractivity contribution in [3.63, 3.8) is 0 Å². The first-order chi connectivity index (χ1) is 4.83. The van der Waals surface area contributed by atoms with E-state index in [9.17, 15) is 0 Å². The topological polar surface area (TPSA) is 0 Å².